The third kappa shape index (κ3) is 2.03. The van der Waals surface area contributed by atoms with Crippen molar-refractivity contribution in [2.24, 2.45) is 0 Å². The summed E-state index contributed by atoms with van der Waals surface area (Å²) in [6, 6.07) is 11.8. The van der Waals surface area contributed by atoms with E-state index in [2.05, 4.69) is 31.9 Å². The molecule has 66 valence electrons. The van der Waals surface area contributed by atoms with Gasteiger partial charge in [0.2, 0.25) is 0 Å². The normalized spacial score (nSPS) is 10.3. The van der Waals surface area contributed by atoms with E-state index >= 15 is 0 Å². The van der Waals surface area contributed by atoms with Crippen LogP contribution in [0.1, 0.15) is 0 Å². The fourth-order valence-electron chi connectivity index (χ4n) is 1.08. The predicted molar refractivity (Wildman–Crippen MR) is 59.5 cm³/mol. The lowest BCUT2D eigenvalue weighted by Crippen LogP contribution is -1.71. The van der Waals surface area contributed by atoms with E-state index < -0.39 is 0 Å². The molecule has 0 atom stereocenters. The average Bonchev–Trinajstić information content (AvgIpc) is 2.53. The van der Waals surface area contributed by atoms with E-state index in [4.69, 9.17) is 4.42 Å². The molecule has 0 bridgehead atoms. The fraction of sp³-hybridized carbons (Fsp3) is 0. The van der Waals surface area contributed by atoms with Crippen molar-refractivity contribution in [2.75, 3.05) is 0 Å². The van der Waals surface area contributed by atoms with Gasteiger partial charge in [-0.25, -0.2) is 0 Å². The minimum atomic E-state index is 0.755. The van der Waals surface area contributed by atoms with Crippen LogP contribution >= 0.6 is 31.9 Å². The van der Waals surface area contributed by atoms with Gasteiger partial charge in [-0.05, 0) is 40.2 Å². The SMILES string of the molecule is Brc1ccc(-c2ccc(Br)o2)cc1. The summed E-state index contributed by atoms with van der Waals surface area (Å²) in [5.41, 5.74) is 1.08. The van der Waals surface area contributed by atoms with Crippen molar-refractivity contribution in [1.29, 1.82) is 0 Å². The second-order valence-electron chi connectivity index (χ2n) is 2.61. The molecule has 1 heterocycles. The molecule has 0 saturated carbocycles. The molecular weight excluding hydrogens is 296 g/mol. The van der Waals surface area contributed by atoms with Crippen molar-refractivity contribution < 1.29 is 4.42 Å². The molecule has 0 spiro atoms. The Hall–Kier alpha value is -0.540. The first-order valence-electron chi connectivity index (χ1n) is 3.77. The van der Waals surface area contributed by atoms with E-state index in [0.717, 1.165) is 20.5 Å². The van der Waals surface area contributed by atoms with Crippen LogP contribution in [0.5, 0.6) is 0 Å². The van der Waals surface area contributed by atoms with E-state index in [9.17, 15) is 0 Å². The van der Waals surface area contributed by atoms with Crippen molar-refractivity contribution in [2.45, 2.75) is 0 Å². The summed E-state index contributed by atoms with van der Waals surface area (Å²) in [6.45, 7) is 0. The molecule has 1 aromatic heterocycles. The van der Waals surface area contributed by atoms with Crippen LogP contribution in [0.2, 0.25) is 0 Å². The number of hydrogen-bond donors (Lipinski definition) is 0. The Morgan fingerprint density at radius 3 is 2.08 bits per heavy atom. The highest BCUT2D eigenvalue weighted by atomic mass is 79.9. The first-order valence-corrected chi connectivity index (χ1v) is 5.35. The van der Waals surface area contributed by atoms with Gasteiger partial charge in [-0.15, -0.1) is 0 Å². The number of halogens is 2. The topological polar surface area (TPSA) is 13.1 Å². The maximum Gasteiger partial charge on any atom is 0.169 e. The van der Waals surface area contributed by atoms with Gasteiger partial charge in [0.05, 0.1) is 0 Å². The quantitative estimate of drug-likeness (QED) is 0.757. The lowest BCUT2D eigenvalue weighted by atomic mass is 10.2. The molecule has 0 fully saturated rings. The minimum Gasteiger partial charge on any atom is -0.449 e. The summed E-state index contributed by atoms with van der Waals surface area (Å²) < 4.78 is 7.24. The zero-order chi connectivity index (χ0) is 9.26. The van der Waals surface area contributed by atoms with Gasteiger partial charge in [-0.1, -0.05) is 28.1 Å². The van der Waals surface area contributed by atoms with Crippen LogP contribution in [-0.4, -0.2) is 0 Å². The fourth-order valence-corrected chi connectivity index (χ4v) is 1.65. The Morgan fingerprint density at radius 1 is 0.846 bits per heavy atom. The molecule has 0 unspecified atom stereocenters. The predicted octanol–water partition coefficient (Wildman–Crippen LogP) is 4.47. The number of hydrogen-bond acceptors (Lipinski definition) is 1. The maximum absolute atomic E-state index is 5.41. The van der Waals surface area contributed by atoms with E-state index in [1.54, 1.807) is 0 Å². The zero-order valence-electron chi connectivity index (χ0n) is 6.63. The van der Waals surface area contributed by atoms with E-state index in [1.165, 1.54) is 0 Å². The lowest BCUT2D eigenvalue weighted by molar-refractivity contribution is 0.556. The molecule has 2 rings (SSSR count). The monoisotopic (exact) mass is 300 g/mol. The molecule has 1 aromatic carbocycles. The molecular formula is C10H6Br2O. The second kappa shape index (κ2) is 3.68. The van der Waals surface area contributed by atoms with E-state index in [1.807, 2.05) is 36.4 Å². The number of rotatable bonds is 1. The highest BCUT2D eigenvalue weighted by molar-refractivity contribution is 9.10. The van der Waals surface area contributed by atoms with Crippen molar-refractivity contribution >= 4 is 31.9 Å². The van der Waals surface area contributed by atoms with Gasteiger partial charge in [-0.2, -0.15) is 0 Å². The smallest absolute Gasteiger partial charge is 0.169 e. The van der Waals surface area contributed by atoms with Gasteiger partial charge in [0, 0.05) is 10.0 Å². The van der Waals surface area contributed by atoms with Crippen LogP contribution in [0, 0.1) is 0 Å². The van der Waals surface area contributed by atoms with Crippen molar-refractivity contribution in [3.05, 3.63) is 45.5 Å². The second-order valence-corrected chi connectivity index (χ2v) is 4.31. The first-order chi connectivity index (χ1) is 6.25. The van der Waals surface area contributed by atoms with Crippen LogP contribution in [0.15, 0.2) is 50.0 Å². The van der Waals surface area contributed by atoms with Crippen LogP contribution in [0.25, 0.3) is 11.3 Å². The summed E-state index contributed by atoms with van der Waals surface area (Å²) >= 11 is 6.65. The highest BCUT2D eigenvalue weighted by Crippen LogP contribution is 2.25. The Kier molecular flexibility index (Phi) is 2.56. The first kappa shape index (κ1) is 9.03. The average molecular weight is 302 g/mol. The summed E-state index contributed by atoms with van der Waals surface area (Å²) in [5, 5.41) is 0. The van der Waals surface area contributed by atoms with Crippen LogP contribution < -0.4 is 0 Å². The molecule has 0 saturated heterocycles. The van der Waals surface area contributed by atoms with Crippen molar-refractivity contribution in [3.63, 3.8) is 0 Å². The Balaban J connectivity index is 2.41. The van der Waals surface area contributed by atoms with Gasteiger partial charge in [-0.3, -0.25) is 0 Å². The molecule has 13 heavy (non-hydrogen) atoms. The largest absolute Gasteiger partial charge is 0.449 e. The van der Waals surface area contributed by atoms with E-state index in [-0.39, 0.29) is 0 Å². The zero-order valence-corrected chi connectivity index (χ0v) is 9.80. The molecule has 3 heteroatoms. The number of benzene rings is 1. The maximum atomic E-state index is 5.41. The third-order valence-electron chi connectivity index (χ3n) is 1.70. The Morgan fingerprint density at radius 2 is 1.54 bits per heavy atom. The third-order valence-corrected chi connectivity index (χ3v) is 2.66. The molecule has 2 aromatic rings. The molecule has 0 aliphatic heterocycles. The molecule has 0 aliphatic rings. The molecule has 0 N–H and O–H groups in total. The van der Waals surface area contributed by atoms with E-state index in [0.29, 0.717) is 0 Å². The summed E-state index contributed by atoms with van der Waals surface area (Å²) in [7, 11) is 0. The van der Waals surface area contributed by atoms with Crippen LogP contribution in [0.3, 0.4) is 0 Å². The number of furan rings is 1. The Bertz CT molecular complexity index is 403. The highest BCUT2D eigenvalue weighted by Gasteiger charge is 2.01. The standard InChI is InChI=1S/C10H6Br2O/c11-8-3-1-7(2-4-8)9-5-6-10(12)13-9/h1-6H. The summed E-state index contributed by atoms with van der Waals surface area (Å²) in [6.07, 6.45) is 0. The van der Waals surface area contributed by atoms with Crippen LogP contribution in [-0.2, 0) is 0 Å². The lowest BCUT2D eigenvalue weighted by Gasteiger charge is -1.95. The van der Waals surface area contributed by atoms with Gasteiger partial charge in [0.15, 0.2) is 4.67 Å². The minimum absolute atomic E-state index is 0.755. The van der Waals surface area contributed by atoms with Gasteiger partial charge in [0.1, 0.15) is 5.76 Å². The molecule has 0 radical (unpaired) electrons. The van der Waals surface area contributed by atoms with Crippen molar-refractivity contribution in [3.8, 4) is 11.3 Å². The van der Waals surface area contributed by atoms with Crippen LogP contribution in [0.4, 0.5) is 0 Å². The Labute approximate surface area is 93.0 Å². The molecule has 1 nitrogen and oxygen atoms in total. The van der Waals surface area contributed by atoms with Crippen molar-refractivity contribution in [1.82, 2.24) is 0 Å². The van der Waals surface area contributed by atoms with Gasteiger partial charge in [0.25, 0.3) is 0 Å². The summed E-state index contributed by atoms with van der Waals surface area (Å²) in [4.78, 5) is 0. The molecule has 0 amide bonds. The summed E-state index contributed by atoms with van der Waals surface area (Å²) in [5.74, 6) is 0.874. The van der Waals surface area contributed by atoms with Gasteiger partial charge < -0.3 is 4.42 Å². The van der Waals surface area contributed by atoms with Gasteiger partial charge >= 0.3 is 0 Å². The molecule has 0 aliphatic carbocycles.